The lowest BCUT2D eigenvalue weighted by Crippen LogP contribution is -1.99. The topological polar surface area (TPSA) is 20.2 Å². The maximum Gasteiger partial charge on any atom is 0.115 e. The van der Waals surface area contributed by atoms with Crippen molar-refractivity contribution in [2.75, 3.05) is 0 Å². The molecule has 0 bridgehead atoms. The fourth-order valence-corrected chi connectivity index (χ4v) is 3.61. The average Bonchev–Trinajstić information content (AvgIpc) is 2.57. The maximum atomic E-state index is 10.4. The van der Waals surface area contributed by atoms with Crippen LogP contribution in [-0.4, -0.2) is 5.11 Å². The fourth-order valence-electron chi connectivity index (χ4n) is 1.80. The van der Waals surface area contributed by atoms with Crippen LogP contribution in [-0.2, 0) is 0 Å². The van der Waals surface area contributed by atoms with Gasteiger partial charge in [-0.05, 0) is 37.6 Å². The zero-order chi connectivity index (χ0) is 12.6. The largest absolute Gasteiger partial charge is 0.383 e. The van der Waals surface area contributed by atoms with Crippen LogP contribution in [0.15, 0.2) is 28.7 Å². The number of hydrogen-bond acceptors (Lipinski definition) is 2. The van der Waals surface area contributed by atoms with Crippen molar-refractivity contribution in [3.05, 3.63) is 54.6 Å². The van der Waals surface area contributed by atoms with Gasteiger partial charge in [0.2, 0.25) is 0 Å². The highest BCUT2D eigenvalue weighted by Gasteiger charge is 2.18. The number of hydrogen-bond donors (Lipinski definition) is 1. The predicted molar refractivity (Wildman–Crippen MR) is 77.0 cm³/mol. The van der Waals surface area contributed by atoms with Gasteiger partial charge in [-0.15, -0.1) is 11.3 Å². The fraction of sp³-hybridized carbons (Fsp3) is 0.231. The lowest BCUT2D eigenvalue weighted by atomic mass is 10.1. The summed E-state index contributed by atoms with van der Waals surface area (Å²) in [6, 6.07) is 7.62. The lowest BCUT2D eigenvalue weighted by molar-refractivity contribution is 0.223. The number of aryl methyl sites for hydroxylation is 2. The summed E-state index contributed by atoms with van der Waals surface area (Å²) < 4.78 is 0.914. The predicted octanol–water partition coefficient (Wildman–Crippen LogP) is 4.86. The van der Waals surface area contributed by atoms with Crippen molar-refractivity contribution in [1.29, 1.82) is 0 Å². The first-order valence-electron chi connectivity index (χ1n) is 5.19. The van der Waals surface area contributed by atoms with Crippen LogP contribution in [0.1, 0.15) is 27.0 Å². The molecule has 0 aliphatic rings. The van der Waals surface area contributed by atoms with Crippen LogP contribution in [0.4, 0.5) is 0 Å². The highest BCUT2D eigenvalue weighted by atomic mass is 79.9. The quantitative estimate of drug-likeness (QED) is 0.833. The van der Waals surface area contributed by atoms with Gasteiger partial charge in [0, 0.05) is 24.8 Å². The minimum absolute atomic E-state index is 0.581. The van der Waals surface area contributed by atoms with Gasteiger partial charge in [-0.3, -0.25) is 0 Å². The Morgan fingerprint density at radius 1 is 1.29 bits per heavy atom. The standard InChI is InChI=1S/C13H12BrClOS/c1-7-5-8(2)17-13(7)12(16)10-4-3-9(14)6-11(10)15/h3-6,12,16H,1-2H3. The van der Waals surface area contributed by atoms with Crippen molar-refractivity contribution in [3.63, 3.8) is 0 Å². The van der Waals surface area contributed by atoms with Gasteiger partial charge in [0.15, 0.2) is 0 Å². The molecule has 17 heavy (non-hydrogen) atoms. The van der Waals surface area contributed by atoms with Gasteiger partial charge in [0.05, 0.1) is 0 Å². The van der Waals surface area contributed by atoms with Crippen molar-refractivity contribution in [3.8, 4) is 0 Å². The molecule has 0 spiro atoms. The van der Waals surface area contributed by atoms with E-state index in [9.17, 15) is 5.11 Å². The van der Waals surface area contributed by atoms with E-state index in [0.717, 1.165) is 20.5 Å². The van der Waals surface area contributed by atoms with E-state index in [4.69, 9.17) is 11.6 Å². The van der Waals surface area contributed by atoms with Gasteiger partial charge in [-0.1, -0.05) is 33.6 Å². The maximum absolute atomic E-state index is 10.4. The van der Waals surface area contributed by atoms with Crippen molar-refractivity contribution < 1.29 is 5.11 Å². The van der Waals surface area contributed by atoms with Gasteiger partial charge in [-0.25, -0.2) is 0 Å². The first-order chi connectivity index (χ1) is 7.99. The summed E-state index contributed by atoms with van der Waals surface area (Å²) >= 11 is 11.1. The van der Waals surface area contributed by atoms with Crippen LogP contribution in [0.25, 0.3) is 0 Å². The van der Waals surface area contributed by atoms with E-state index >= 15 is 0 Å². The van der Waals surface area contributed by atoms with E-state index in [-0.39, 0.29) is 0 Å². The van der Waals surface area contributed by atoms with E-state index < -0.39 is 6.10 Å². The van der Waals surface area contributed by atoms with E-state index in [1.165, 1.54) is 4.88 Å². The molecule has 1 nitrogen and oxygen atoms in total. The molecule has 1 atom stereocenters. The second-order valence-corrected chi connectivity index (χ2v) is 6.58. The molecule has 90 valence electrons. The number of halogens is 2. The molecule has 0 saturated carbocycles. The molecule has 2 rings (SSSR count). The van der Waals surface area contributed by atoms with Crippen LogP contribution in [0.5, 0.6) is 0 Å². The Hall–Kier alpha value is -0.350. The normalized spacial score (nSPS) is 12.8. The summed E-state index contributed by atoms with van der Waals surface area (Å²) in [4.78, 5) is 2.16. The van der Waals surface area contributed by atoms with Gasteiger partial charge in [0.1, 0.15) is 6.10 Å². The van der Waals surface area contributed by atoms with Gasteiger partial charge < -0.3 is 5.11 Å². The molecule has 1 aromatic carbocycles. The van der Waals surface area contributed by atoms with E-state index in [2.05, 4.69) is 22.0 Å². The van der Waals surface area contributed by atoms with Crippen LogP contribution in [0.2, 0.25) is 5.02 Å². The van der Waals surface area contributed by atoms with Crippen molar-refractivity contribution in [2.45, 2.75) is 20.0 Å². The van der Waals surface area contributed by atoms with E-state index in [0.29, 0.717) is 5.02 Å². The lowest BCUT2D eigenvalue weighted by Gasteiger charge is -2.12. The molecule has 0 aliphatic carbocycles. The summed E-state index contributed by atoms with van der Waals surface area (Å²) in [6.45, 7) is 4.05. The number of aliphatic hydroxyl groups excluding tert-OH is 1. The van der Waals surface area contributed by atoms with Gasteiger partial charge in [-0.2, -0.15) is 0 Å². The van der Waals surface area contributed by atoms with Crippen molar-refractivity contribution in [2.24, 2.45) is 0 Å². The van der Waals surface area contributed by atoms with Crippen LogP contribution >= 0.6 is 38.9 Å². The highest BCUT2D eigenvalue weighted by Crippen LogP contribution is 2.35. The van der Waals surface area contributed by atoms with Crippen LogP contribution in [0, 0.1) is 13.8 Å². The third-order valence-corrected chi connectivity index (χ3v) is 4.61. The number of thiophene rings is 1. The average molecular weight is 332 g/mol. The monoisotopic (exact) mass is 330 g/mol. The summed E-state index contributed by atoms with van der Waals surface area (Å²) in [6.07, 6.45) is -0.644. The molecular formula is C13H12BrClOS. The molecule has 0 aliphatic heterocycles. The molecule has 1 aromatic heterocycles. The number of aliphatic hydroxyl groups is 1. The summed E-state index contributed by atoms with van der Waals surface area (Å²) in [7, 11) is 0. The third kappa shape index (κ3) is 2.74. The minimum atomic E-state index is -0.644. The zero-order valence-electron chi connectivity index (χ0n) is 9.50. The Balaban J connectivity index is 2.43. The van der Waals surface area contributed by atoms with Crippen LogP contribution in [0.3, 0.4) is 0 Å². The van der Waals surface area contributed by atoms with Crippen molar-refractivity contribution >= 4 is 38.9 Å². The summed E-state index contributed by atoms with van der Waals surface area (Å²) in [5, 5.41) is 10.9. The second-order valence-electron chi connectivity index (χ2n) is 3.97. The van der Waals surface area contributed by atoms with Crippen LogP contribution < -0.4 is 0 Å². The third-order valence-electron chi connectivity index (χ3n) is 2.58. The number of benzene rings is 1. The van der Waals surface area contributed by atoms with E-state index in [1.54, 1.807) is 17.4 Å². The molecule has 0 fully saturated rings. The molecule has 2 aromatic rings. The molecule has 1 heterocycles. The molecule has 0 saturated heterocycles. The summed E-state index contributed by atoms with van der Waals surface area (Å²) in [5.74, 6) is 0. The Kier molecular flexibility index (Phi) is 3.93. The second kappa shape index (κ2) is 5.11. The Labute approximate surface area is 118 Å². The summed E-state index contributed by atoms with van der Waals surface area (Å²) in [5.41, 5.74) is 1.86. The molecule has 1 N–H and O–H groups in total. The first-order valence-corrected chi connectivity index (χ1v) is 7.17. The molecule has 0 radical (unpaired) electrons. The minimum Gasteiger partial charge on any atom is -0.383 e. The molecule has 4 heteroatoms. The number of rotatable bonds is 2. The Bertz CT molecular complexity index is 550. The van der Waals surface area contributed by atoms with Gasteiger partial charge in [0.25, 0.3) is 0 Å². The Morgan fingerprint density at radius 3 is 2.53 bits per heavy atom. The van der Waals surface area contributed by atoms with Gasteiger partial charge >= 0.3 is 0 Å². The zero-order valence-corrected chi connectivity index (χ0v) is 12.7. The van der Waals surface area contributed by atoms with Crippen molar-refractivity contribution in [1.82, 2.24) is 0 Å². The first kappa shape index (κ1) is 13.1. The molecule has 0 amide bonds. The highest BCUT2D eigenvalue weighted by molar-refractivity contribution is 9.10. The Morgan fingerprint density at radius 2 is 2.00 bits per heavy atom. The molecular weight excluding hydrogens is 320 g/mol. The SMILES string of the molecule is Cc1cc(C)c(C(O)c2ccc(Br)cc2Cl)s1. The molecule has 1 unspecified atom stereocenters. The van der Waals surface area contributed by atoms with E-state index in [1.807, 2.05) is 26.0 Å². The smallest absolute Gasteiger partial charge is 0.115 e.